The third kappa shape index (κ3) is 4.35. The average molecular weight is 351 g/mol. The molecule has 1 aliphatic heterocycles. The summed E-state index contributed by atoms with van der Waals surface area (Å²) < 4.78 is 5.88. The lowest BCUT2D eigenvalue weighted by atomic mass is 9.98. The first-order valence-corrected chi connectivity index (χ1v) is 8.93. The van der Waals surface area contributed by atoms with Gasteiger partial charge >= 0.3 is 5.69 Å². The largest absolute Gasteiger partial charge is 0.469 e. The Labute approximate surface area is 146 Å². The lowest BCUT2D eigenvalue weighted by Crippen LogP contribution is -2.47. The molecule has 1 N–H and O–H groups in total. The SMILES string of the molecule is O=[N+]([O-])c1c(OC2CCCCC2)ncnc1N1CCN(CCO)CC1. The number of ether oxygens (including phenoxy) is 1. The molecule has 2 fully saturated rings. The van der Waals surface area contributed by atoms with Crippen LogP contribution in [0, 0.1) is 10.1 Å². The van der Waals surface area contributed by atoms with E-state index in [1.165, 1.54) is 12.7 Å². The summed E-state index contributed by atoms with van der Waals surface area (Å²) in [5.41, 5.74) is -0.135. The molecule has 0 aromatic carbocycles. The van der Waals surface area contributed by atoms with E-state index < -0.39 is 4.92 Å². The van der Waals surface area contributed by atoms with Crippen LogP contribution in [0.1, 0.15) is 32.1 Å². The molecule has 1 saturated carbocycles. The van der Waals surface area contributed by atoms with E-state index in [1.54, 1.807) is 0 Å². The van der Waals surface area contributed by atoms with Crippen LogP contribution < -0.4 is 9.64 Å². The van der Waals surface area contributed by atoms with Gasteiger partial charge in [-0.05, 0) is 25.7 Å². The topological polar surface area (TPSA) is 105 Å². The standard InChI is InChI=1S/C16H25N5O4/c22-11-10-19-6-8-20(9-7-19)15-14(21(23)24)16(18-12-17-15)25-13-4-2-1-3-5-13/h12-13,22H,1-11H2. The summed E-state index contributed by atoms with van der Waals surface area (Å²) in [7, 11) is 0. The van der Waals surface area contributed by atoms with E-state index in [1.807, 2.05) is 4.90 Å². The van der Waals surface area contributed by atoms with Crippen molar-refractivity contribution >= 4 is 11.5 Å². The van der Waals surface area contributed by atoms with E-state index in [4.69, 9.17) is 9.84 Å². The maximum Gasteiger partial charge on any atom is 0.372 e. The highest BCUT2D eigenvalue weighted by molar-refractivity contribution is 5.63. The molecular formula is C16H25N5O4. The quantitative estimate of drug-likeness (QED) is 0.602. The summed E-state index contributed by atoms with van der Waals surface area (Å²) in [5, 5.41) is 20.7. The molecule has 1 saturated heterocycles. The number of aromatic nitrogens is 2. The minimum Gasteiger partial charge on any atom is -0.469 e. The number of hydrogen-bond acceptors (Lipinski definition) is 8. The van der Waals surface area contributed by atoms with Gasteiger partial charge < -0.3 is 14.7 Å². The summed E-state index contributed by atoms with van der Waals surface area (Å²) in [6.07, 6.45) is 6.53. The molecule has 0 radical (unpaired) electrons. The number of β-amino-alcohol motifs (C(OH)–C–C–N with tert-alkyl or cyclic N) is 1. The van der Waals surface area contributed by atoms with Crippen LogP contribution in [0.25, 0.3) is 0 Å². The number of nitro groups is 1. The van der Waals surface area contributed by atoms with Crippen molar-refractivity contribution in [3.05, 3.63) is 16.4 Å². The molecule has 9 nitrogen and oxygen atoms in total. The highest BCUT2D eigenvalue weighted by Gasteiger charge is 2.31. The lowest BCUT2D eigenvalue weighted by Gasteiger charge is -2.34. The Bertz CT molecular complexity index is 586. The van der Waals surface area contributed by atoms with Crippen molar-refractivity contribution in [2.45, 2.75) is 38.2 Å². The van der Waals surface area contributed by atoms with Gasteiger partial charge in [-0.15, -0.1) is 0 Å². The van der Waals surface area contributed by atoms with E-state index in [0.717, 1.165) is 38.8 Å². The fourth-order valence-electron chi connectivity index (χ4n) is 3.50. The molecule has 0 spiro atoms. The summed E-state index contributed by atoms with van der Waals surface area (Å²) >= 11 is 0. The molecule has 1 aromatic heterocycles. The van der Waals surface area contributed by atoms with Crippen LogP contribution in [-0.2, 0) is 0 Å². The normalized spacial score (nSPS) is 19.8. The van der Waals surface area contributed by atoms with Gasteiger partial charge in [0.25, 0.3) is 5.88 Å². The number of nitrogens with zero attached hydrogens (tertiary/aromatic N) is 5. The van der Waals surface area contributed by atoms with Gasteiger partial charge in [-0.2, -0.15) is 4.98 Å². The number of aliphatic hydroxyl groups excluding tert-OH is 1. The Morgan fingerprint density at radius 1 is 1.20 bits per heavy atom. The highest BCUT2D eigenvalue weighted by atomic mass is 16.6. The summed E-state index contributed by atoms with van der Waals surface area (Å²) in [6, 6.07) is 0. The highest BCUT2D eigenvalue weighted by Crippen LogP contribution is 2.35. The maximum atomic E-state index is 11.7. The molecule has 9 heteroatoms. The molecular weight excluding hydrogens is 326 g/mol. The first-order valence-electron chi connectivity index (χ1n) is 8.93. The second kappa shape index (κ2) is 8.39. The summed E-state index contributed by atoms with van der Waals surface area (Å²) in [5.74, 6) is 0.411. The Balaban J connectivity index is 1.77. The van der Waals surface area contributed by atoms with Crippen molar-refractivity contribution < 1.29 is 14.8 Å². The number of hydrogen-bond donors (Lipinski definition) is 1. The number of piperazine rings is 1. The fraction of sp³-hybridized carbons (Fsp3) is 0.750. The third-order valence-corrected chi connectivity index (χ3v) is 4.87. The first-order chi connectivity index (χ1) is 12.2. The molecule has 0 atom stereocenters. The molecule has 1 aliphatic carbocycles. The second-order valence-electron chi connectivity index (χ2n) is 6.54. The molecule has 2 heterocycles. The van der Waals surface area contributed by atoms with E-state index in [2.05, 4.69) is 14.9 Å². The Kier molecular flexibility index (Phi) is 5.98. The van der Waals surface area contributed by atoms with Gasteiger partial charge in [0.15, 0.2) is 0 Å². The van der Waals surface area contributed by atoms with E-state index >= 15 is 0 Å². The Morgan fingerprint density at radius 2 is 1.92 bits per heavy atom. The van der Waals surface area contributed by atoms with Gasteiger partial charge in [0.1, 0.15) is 12.4 Å². The third-order valence-electron chi connectivity index (χ3n) is 4.87. The van der Waals surface area contributed by atoms with Gasteiger partial charge in [-0.1, -0.05) is 6.42 Å². The minimum atomic E-state index is -0.437. The molecule has 138 valence electrons. The molecule has 0 amide bonds. The Morgan fingerprint density at radius 3 is 2.56 bits per heavy atom. The molecule has 1 aromatic rings. The van der Waals surface area contributed by atoms with Crippen LogP contribution >= 0.6 is 0 Å². The van der Waals surface area contributed by atoms with Crippen molar-refractivity contribution in [1.29, 1.82) is 0 Å². The molecule has 3 rings (SSSR count). The van der Waals surface area contributed by atoms with Crippen LogP contribution in [0.4, 0.5) is 11.5 Å². The zero-order valence-electron chi connectivity index (χ0n) is 14.3. The summed E-state index contributed by atoms with van der Waals surface area (Å²) in [4.78, 5) is 23.5. The van der Waals surface area contributed by atoms with Crippen molar-refractivity contribution in [1.82, 2.24) is 14.9 Å². The van der Waals surface area contributed by atoms with E-state index in [9.17, 15) is 10.1 Å². The molecule has 25 heavy (non-hydrogen) atoms. The van der Waals surface area contributed by atoms with Crippen molar-refractivity contribution in [2.24, 2.45) is 0 Å². The van der Waals surface area contributed by atoms with Crippen molar-refractivity contribution in [2.75, 3.05) is 44.2 Å². The average Bonchev–Trinajstić information content (AvgIpc) is 2.63. The second-order valence-corrected chi connectivity index (χ2v) is 6.54. The first kappa shape index (κ1) is 17.8. The zero-order chi connectivity index (χ0) is 17.6. The van der Waals surface area contributed by atoms with E-state index in [-0.39, 0.29) is 24.3 Å². The summed E-state index contributed by atoms with van der Waals surface area (Å²) in [6.45, 7) is 3.46. The maximum absolute atomic E-state index is 11.7. The van der Waals surface area contributed by atoms with Gasteiger partial charge in [-0.3, -0.25) is 15.0 Å². The minimum absolute atomic E-state index is 0.00315. The van der Waals surface area contributed by atoms with Gasteiger partial charge in [0.2, 0.25) is 5.82 Å². The predicted molar refractivity (Wildman–Crippen MR) is 91.9 cm³/mol. The van der Waals surface area contributed by atoms with Crippen LogP contribution in [0.5, 0.6) is 5.88 Å². The lowest BCUT2D eigenvalue weighted by molar-refractivity contribution is -0.385. The van der Waals surface area contributed by atoms with Crippen molar-refractivity contribution in [3.63, 3.8) is 0 Å². The van der Waals surface area contributed by atoms with Gasteiger partial charge in [0, 0.05) is 32.7 Å². The number of rotatable bonds is 6. The van der Waals surface area contributed by atoms with Crippen LogP contribution in [-0.4, -0.2) is 70.3 Å². The van der Waals surface area contributed by atoms with Crippen LogP contribution in [0.2, 0.25) is 0 Å². The van der Waals surface area contributed by atoms with Crippen LogP contribution in [0.3, 0.4) is 0 Å². The van der Waals surface area contributed by atoms with Crippen molar-refractivity contribution in [3.8, 4) is 5.88 Å². The van der Waals surface area contributed by atoms with Gasteiger partial charge in [0.05, 0.1) is 11.5 Å². The Hall–Kier alpha value is -2.00. The predicted octanol–water partition coefficient (Wildman–Crippen LogP) is 1.21. The van der Waals surface area contributed by atoms with Gasteiger partial charge in [-0.25, -0.2) is 4.98 Å². The van der Waals surface area contributed by atoms with Crippen LogP contribution in [0.15, 0.2) is 6.33 Å². The molecule has 0 bridgehead atoms. The molecule has 0 unspecified atom stereocenters. The number of aliphatic hydroxyl groups is 1. The number of anilines is 1. The smallest absolute Gasteiger partial charge is 0.372 e. The fourth-order valence-corrected chi connectivity index (χ4v) is 3.50. The zero-order valence-corrected chi connectivity index (χ0v) is 14.3. The van der Waals surface area contributed by atoms with E-state index in [0.29, 0.717) is 25.5 Å². The molecule has 2 aliphatic rings. The monoisotopic (exact) mass is 351 g/mol.